The number of rotatable bonds is 4. The molecule has 0 aliphatic carbocycles. The molecule has 2 aromatic heterocycles. The SMILES string of the molecule is Brc1cc(CNCc2ccncn2)sc1Br. The van der Waals surface area contributed by atoms with E-state index >= 15 is 0 Å². The molecule has 0 aliphatic heterocycles. The highest BCUT2D eigenvalue weighted by Crippen LogP contribution is 2.32. The fourth-order valence-electron chi connectivity index (χ4n) is 1.21. The molecule has 0 fully saturated rings. The highest BCUT2D eigenvalue weighted by molar-refractivity contribution is 9.13. The van der Waals surface area contributed by atoms with Crippen molar-refractivity contribution < 1.29 is 0 Å². The first kappa shape index (κ1) is 12.2. The highest BCUT2D eigenvalue weighted by Gasteiger charge is 2.03. The Morgan fingerprint density at radius 1 is 1.31 bits per heavy atom. The van der Waals surface area contributed by atoms with E-state index < -0.39 is 0 Å². The van der Waals surface area contributed by atoms with E-state index in [0.29, 0.717) is 0 Å². The van der Waals surface area contributed by atoms with Crippen molar-refractivity contribution in [1.29, 1.82) is 0 Å². The van der Waals surface area contributed by atoms with Crippen LogP contribution in [0.1, 0.15) is 10.6 Å². The van der Waals surface area contributed by atoms with Gasteiger partial charge in [0.15, 0.2) is 0 Å². The molecule has 1 N–H and O–H groups in total. The van der Waals surface area contributed by atoms with Crippen molar-refractivity contribution in [3.8, 4) is 0 Å². The monoisotopic (exact) mass is 361 g/mol. The summed E-state index contributed by atoms with van der Waals surface area (Å²) in [7, 11) is 0. The number of hydrogen-bond acceptors (Lipinski definition) is 4. The molecule has 0 saturated heterocycles. The Hall–Kier alpha value is -0.300. The third-order valence-corrected chi connectivity index (χ3v) is 5.20. The Kier molecular flexibility index (Phi) is 4.45. The number of halogens is 2. The Morgan fingerprint density at radius 2 is 2.19 bits per heavy atom. The van der Waals surface area contributed by atoms with Crippen LogP contribution in [0.4, 0.5) is 0 Å². The number of aromatic nitrogens is 2. The van der Waals surface area contributed by atoms with E-state index in [9.17, 15) is 0 Å². The lowest BCUT2D eigenvalue weighted by Crippen LogP contribution is -2.12. The lowest BCUT2D eigenvalue weighted by Gasteiger charge is -2.01. The normalized spacial score (nSPS) is 10.6. The maximum atomic E-state index is 4.14. The van der Waals surface area contributed by atoms with E-state index in [-0.39, 0.29) is 0 Å². The molecule has 0 saturated carbocycles. The molecule has 6 heteroatoms. The Morgan fingerprint density at radius 3 is 2.81 bits per heavy atom. The lowest BCUT2D eigenvalue weighted by molar-refractivity contribution is 0.684. The number of hydrogen-bond donors (Lipinski definition) is 1. The van der Waals surface area contributed by atoms with Gasteiger partial charge in [0.2, 0.25) is 0 Å². The van der Waals surface area contributed by atoms with Crippen LogP contribution in [0.2, 0.25) is 0 Å². The second-order valence-corrected chi connectivity index (χ2v) is 6.45. The van der Waals surface area contributed by atoms with Gasteiger partial charge in [-0.1, -0.05) is 0 Å². The minimum absolute atomic E-state index is 0.760. The second-order valence-electron chi connectivity index (χ2n) is 3.14. The van der Waals surface area contributed by atoms with Crippen LogP contribution < -0.4 is 5.32 Å². The van der Waals surface area contributed by atoms with Crippen molar-refractivity contribution in [2.75, 3.05) is 0 Å². The second kappa shape index (κ2) is 5.86. The summed E-state index contributed by atoms with van der Waals surface area (Å²) in [6, 6.07) is 4.02. The molecule has 0 radical (unpaired) electrons. The summed E-state index contributed by atoms with van der Waals surface area (Å²) in [5, 5.41) is 3.34. The van der Waals surface area contributed by atoms with Gasteiger partial charge in [-0.25, -0.2) is 9.97 Å². The van der Waals surface area contributed by atoms with Crippen LogP contribution in [0.5, 0.6) is 0 Å². The summed E-state index contributed by atoms with van der Waals surface area (Å²) in [6.07, 6.45) is 3.32. The molecular weight excluding hydrogens is 354 g/mol. The van der Waals surface area contributed by atoms with Gasteiger partial charge in [-0.2, -0.15) is 0 Å². The van der Waals surface area contributed by atoms with Crippen LogP contribution in [0, 0.1) is 0 Å². The fraction of sp³-hybridized carbons (Fsp3) is 0.200. The van der Waals surface area contributed by atoms with Crippen LogP contribution in [0.15, 0.2) is 32.9 Å². The van der Waals surface area contributed by atoms with Crippen molar-refractivity contribution in [3.05, 3.63) is 43.5 Å². The number of nitrogens with zero attached hydrogens (tertiary/aromatic N) is 2. The smallest absolute Gasteiger partial charge is 0.115 e. The predicted molar refractivity (Wildman–Crippen MR) is 72.3 cm³/mol. The van der Waals surface area contributed by atoms with Crippen LogP contribution in [0.3, 0.4) is 0 Å². The van der Waals surface area contributed by atoms with Crippen molar-refractivity contribution in [2.45, 2.75) is 13.1 Å². The van der Waals surface area contributed by atoms with Crippen LogP contribution in [-0.2, 0) is 13.1 Å². The molecule has 0 aromatic carbocycles. The number of nitrogens with one attached hydrogen (secondary N) is 1. The van der Waals surface area contributed by atoms with Crippen molar-refractivity contribution in [3.63, 3.8) is 0 Å². The van der Waals surface area contributed by atoms with Gasteiger partial charge in [0.1, 0.15) is 6.33 Å². The molecule has 2 heterocycles. The summed E-state index contributed by atoms with van der Waals surface area (Å²) in [4.78, 5) is 9.31. The molecule has 0 atom stereocenters. The Bertz CT molecular complexity index is 439. The van der Waals surface area contributed by atoms with Crippen molar-refractivity contribution in [2.24, 2.45) is 0 Å². The van der Waals surface area contributed by atoms with Gasteiger partial charge in [0.05, 0.1) is 9.48 Å². The topological polar surface area (TPSA) is 37.8 Å². The molecule has 0 aliphatic rings. The Labute approximate surface area is 115 Å². The third-order valence-electron chi connectivity index (χ3n) is 1.94. The predicted octanol–water partition coefficient (Wildman–Crippen LogP) is 3.35. The first-order chi connectivity index (χ1) is 7.75. The third kappa shape index (κ3) is 3.35. The number of thiophene rings is 1. The molecular formula is C10H9Br2N3S. The maximum Gasteiger partial charge on any atom is 0.115 e. The average Bonchev–Trinajstić information content (AvgIpc) is 2.60. The fourth-order valence-corrected chi connectivity index (χ4v) is 3.36. The van der Waals surface area contributed by atoms with Gasteiger partial charge >= 0.3 is 0 Å². The minimum atomic E-state index is 0.760. The zero-order valence-corrected chi connectivity index (χ0v) is 12.3. The van der Waals surface area contributed by atoms with Crippen molar-refractivity contribution in [1.82, 2.24) is 15.3 Å². The molecule has 2 aromatic rings. The van der Waals surface area contributed by atoms with E-state index in [1.165, 1.54) is 4.88 Å². The van der Waals surface area contributed by atoms with Gasteiger partial charge in [0.25, 0.3) is 0 Å². The van der Waals surface area contributed by atoms with E-state index in [4.69, 9.17) is 0 Å². The Balaban J connectivity index is 1.84. The van der Waals surface area contributed by atoms with E-state index in [2.05, 4.69) is 53.2 Å². The van der Waals surface area contributed by atoms with Gasteiger partial charge < -0.3 is 5.32 Å². The average molecular weight is 363 g/mol. The van der Waals surface area contributed by atoms with Crippen LogP contribution in [0.25, 0.3) is 0 Å². The zero-order chi connectivity index (χ0) is 11.4. The summed E-state index contributed by atoms with van der Waals surface area (Å²) in [5.74, 6) is 0. The van der Waals surface area contributed by atoms with Gasteiger partial charge in [-0.15, -0.1) is 11.3 Å². The standard InChI is InChI=1S/C10H9Br2N3S/c11-9-3-8(16-10(9)12)5-14-4-7-1-2-13-6-15-7/h1-3,6,14H,4-5H2. The quantitative estimate of drug-likeness (QED) is 0.906. The van der Waals surface area contributed by atoms with Gasteiger partial charge in [0, 0.05) is 28.6 Å². The molecule has 0 bridgehead atoms. The van der Waals surface area contributed by atoms with Gasteiger partial charge in [-0.3, -0.25) is 0 Å². The molecule has 0 unspecified atom stereocenters. The van der Waals surface area contributed by atoms with Gasteiger partial charge in [-0.05, 0) is 44.0 Å². The molecule has 2 rings (SSSR count). The van der Waals surface area contributed by atoms with Crippen LogP contribution in [-0.4, -0.2) is 9.97 Å². The van der Waals surface area contributed by atoms with Crippen molar-refractivity contribution >= 4 is 43.2 Å². The molecule has 0 amide bonds. The summed E-state index contributed by atoms with van der Waals surface area (Å²) < 4.78 is 2.24. The van der Waals surface area contributed by atoms with E-state index in [1.807, 2.05) is 6.07 Å². The molecule has 84 valence electrons. The highest BCUT2D eigenvalue weighted by atomic mass is 79.9. The zero-order valence-electron chi connectivity index (χ0n) is 8.28. The largest absolute Gasteiger partial charge is 0.306 e. The first-order valence-electron chi connectivity index (χ1n) is 4.65. The molecule has 16 heavy (non-hydrogen) atoms. The summed E-state index contributed by atoms with van der Waals surface area (Å²) >= 11 is 8.67. The summed E-state index contributed by atoms with van der Waals surface area (Å²) in [5.41, 5.74) is 1.00. The minimum Gasteiger partial charge on any atom is -0.306 e. The van der Waals surface area contributed by atoms with Crippen LogP contribution >= 0.6 is 43.2 Å². The molecule has 0 spiro atoms. The molecule has 3 nitrogen and oxygen atoms in total. The lowest BCUT2D eigenvalue weighted by atomic mass is 10.4. The van der Waals surface area contributed by atoms with E-state index in [1.54, 1.807) is 23.9 Å². The van der Waals surface area contributed by atoms with E-state index in [0.717, 1.165) is 27.0 Å². The first-order valence-corrected chi connectivity index (χ1v) is 7.05. The maximum absolute atomic E-state index is 4.14. The summed E-state index contributed by atoms with van der Waals surface area (Å²) in [6.45, 7) is 1.61.